The summed E-state index contributed by atoms with van der Waals surface area (Å²) in [6.45, 7) is 1.79. The van der Waals surface area contributed by atoms with Crippen molar-refractivity contribution in [3.63, 3.8) is 0 Å². The maximum Gasteiger partial charge on any atom is 0.335 e. The highest BCUT2D eigenvalue weighted by Gasteiger charge is 2.00. The third kappa shape index (κ3) is 2.59. The first-order valence-corrected chi connectivity index (χ1v) is 3.81. The van der Waals surface area contributed by atoms with Gasteiger partial charge in [0.1, 0.15) is 0 Å². The molecule has 4 heteroatoms. The van der Waals surface area contributed by atoms with Crippen molar-refractivity contribution < 1.29 is 9.90 Å². The molecule has 0 radical (unpaired) electrons. The number of hydrogen-bond donors (Lipinski definition) is 2. The third-order valence-electron chi connectivity index (χ3n) is 1.45. The lowest BCUT2D eigenvalue weighted by molar-refractivity contribution is 0.0697. The van der Waals surface area contributed by atoms with Crippen LogP contribution in [0.25, 0.3) is 0 Å². The van der Waals surface area contributed by atoms with Gasteiger partial charge in [0, 0.05) is 6.21 Å². The predicted octanol–water partition coefficient (Wildman–Crippen LogP) is 1.80. The van der Waals surface area contributed by atoms with E-state index >= 15 is 0 Å². The molecule has 0 atom stereocenters. The van der Waals surface area contributed by atoms with Gasteiger partial charge >= 0.3 is 5.97 Å². The summed E-state index contributed by atoms with van der Waals surface area (Å²) in [5.41, 5.74) is 3.77. The average Bonchev–Trinajstić information content (AvgIpc) is 2.15. The summed E-state index contributed by atoms with van der Waals surface area (Å²) < 4.78 is 0. The molecule has 0 aliphatic rings. The summed E-state index contributed by atoms with van der Waals surface area (Å²) in [6, 6.07) is 6.37. The number of anilines is 1. The summed E-state index contributed by atoms with van der Waals surface area (Å²) in [4.78, 5) is 10.5. The van der Waals surface area contributed by atoms with Crippen LogP contribution in [0.5, 0.6) is 0 Å². The Hall–Kier alpha value is -1.84. The molecule has 0 aromatic heterocycles. The van der Waals surface area contributed by atoms with Crippen LogP contribution in [0, 0.1) is 0 Å². The van der Waals surface area contributed by atoms with Crippen molar-refractivity contribution >= 4 is 17.9 Å². The quantitative estimate of drug-likeness (QED) is 0.548. The minimum absolute atomic E-state index is 0.269. The number of aromatic carboxylic acids is 1. The van der Waals surface area contributed by atoms with E-state index in [0.29, 0.717) is 0 Å². The van der Waals surface area contributed by atoms with Crippen LogP contribution in [0.3, 0.4) is 0 Å². The minimum atomic E-state index is -0.925. The maximum absolute atomic E-state index is 10.5. The van der Waals surface area contributed by atoms with Gasteiger partial charge in [0.15, 0.2) is 0 Å². The molecule has 1 aromatic rings. The van der Waals surface area contributed by atoms with Crippen LogP contribution >= 0.6 is 0 Å². The zero-order valence-electron chi connectivity index (χ0n) is 7.19. The number of carboxylic acids is 1. The van der Waals surface area contributed by atoms with E-state index in [9.17, 15) is 4.79 Å². The number of rotatable bonds is 3. The molecule has 4 nitrogen and oxygen atoms in total. The first-order valence-electron chi connectivity index (χ1n) is 3.81. The molecule has 68 valence electrons. The molecular formula is C9H10N2O2. The fourth-order valence-electron chi connectivity index (χ4n) is 0.826. The molecule has 0 saturated carbocycles. The number of benzene rings is 1. The Balaban J connectivity index is 2.75. The second-order valence-electron chi connectivity index (χ2n) is 2.38. The van der Waals surface area contributed by atoms with Crippen LogP contribution in [0.15, 0.2) is 29.4 Å². The van der Waals surface area contributed by atoms with Crippen molar-refractivity contribution in [1.82, 2.24) is 0 Å². The lowest BCUT2D eigenvalue weighted by Gasteiger charge is -1.99. The van der Waals surface area contributed by atoms with Gasteiger partial charge in [0.05, 0.1) is 11.3 Å². The first-order chi connectivity index (χ1) is 6.24. The Morgan fingerprint density at radius 2 is 2.08 bits per heavy atom. The molecule has 13 heavy (non-hydrogen) atoms. The standard InChI is InChI=1S/C9H10N2O2/c1-2-10-11-8-5-3-7(4-6-8)9(12)13/h2-6,11H,1H3,(H,12,13). The van der Waals surface area contributed by atoms with Gasteiger partial charge in [-0.05, 0) is 31.2 Å². The molecule has 0 amide bonds. The molecule has 0 spiro atoms. The van der Waals surface area contributed by atoms with Crippen LogP contribution < -0.4 is 5.43 Å². The van der Waals surface area contributed by atoms with Crippen LogP contribution in [0.4, 0.5) is 5.69 Å². The Morgan fingerprint density at radius 1 is 1.46 bits per heavy atom. The molecule has 0 bridgehead atoms. The number of hydrazone groups is 1. The fraction of sp³-hybridized carbons (Fsp3) is 0.111. The van der Waals surface area contributed by atoms with E-state index in [-0.39, 0.29) is 5.56 Å². The van der Waals surface area contributed by atoms with Crippen molar-refractivity contribution in [3.8, 4) is 0 Å². The molecule has 0 aliphatic carbocycles. The first kappa shape index (κ1) is 9.25. The molecule has 0 aliphatic heterocycles. The highest BCUT2D eigenvalue weighted by molar-refractivity contribution is 5.87. The normalized spacial score (nSPS) is 10.2. The van der Waals surface area contributed by atoms with Crippen molar-refractivity contribution in [2.45, 2.75) is 6.92 Å². The molecule has 1 aromatic carbocycles. The molecule has 2 N–H and O–H groups in total. The Bertz CT molecular complexity index is 317. The average molecular weight is 178 g/mol. The Labute approximate surface area is 75.9 Å². The molecular weight excluding hydrogens is 168 g/mol. The smallest absolute Gasteiger partial charge is 0.335 e. The van der Waals surface area contributed by atoms with Crippen molar-refractivity contribution in [2.75, 3.05) is 5.43 Å². The topological polar surface area (TPSA) is 61.7 Å². The van der Waals surface area contributed by atoms with E-state index in [2.05, 4.69) is 10.5 Å². The number of nitrogens with zero attached hydrogens (tertiary/aromatic N) is 1. The number of hydrogen-bond acceptors (Lipinski definition) is 3. The van der Waals surface area contributed by atoms with Gasteiger partial charge in [0.2, 0.25) is 0 Å². The second kappa shape index (κ2) is 4.25. The third-order valence-corrected chi connectivity index (χ3v) is 1.45. The SMILES string of the molecule is CC=NNc1ccc(C(=O)O)cc1. The van der Waals surface area contributed by atoms with E-state index in [1.54, 1.807) is 25.3 Å². The fourth-order valence-corrected chi connectivity index (χ4v) is 0.826. The van der Waals surface area contributed by atoms with Gasteiger partial charge in [-0.25, -0.2) is 4.79 Å². The summed E-state index contributed by atoms with van der Waals surface area (Å²) in [5, 5.41) is 12.4. The van der Waals surface area contributed by atoms with Crippen LogP contribution in [-0.2, 0) is 0 Å². The van der Waals surface area contributed by atoms with Gasteiger partial charge in [-0.1, -0.05) is 0 Å². The Morgan fingerprint density at radius 3 is 2.54 bits per heavy atom. The largest absolute Gasteiger partial charge is 0.478 e. The molecule has 0 unspecified atom stereocenters. The summed E-state index contributed by atoms with van der Waals surface area (Å²) in [5.74, 6) is -0.925. The van der Waals surface area contributed by atoms with Crippen molar-refractivity contribution in [2.24, 2.45) is 5.10 Å². The van der Waals surface area contributed by atoms with Crippen molar-refractivity contribution in [1.29, 1.82) is 0 Å². The zero-order chi connectivity index (χ0) is 9.68. The van der Waals surface area contributed by atoms with Crippen LogP contribution in [0.1, 0.15) is 17.3 Å². The molecule has 1 rings (SSSR count). The lowest BCUT2D eigenvalue weighted by atomic mass is 10.2. The zero-order valence-corrected chi connectivity index (χ0v) is 7.19. The monoisotopic (exact) mass is 178 g/mol. The number of nitrogens with one attached hydrogen (secondary N) is 1. The molecule has 0 fully saturated rings. The maximum atomic E-state index is 10.5. The Kier molecular flexibility index (Phi) is 3.03. The van der Waals surface area contributed by atoms with Gasteiger partial charge in [-0.15, -0.1) is 0 Å². The highest BCUT2D eigenvalue weighted by Crippen LogP contribution is 2.08. The van der Waals surface area contributed by atoms with E-state index < -0.39 is 5.97 Å². The predicted molar refractivity (Wildman–Crippen MR) is 51.2 cm³/mol. The number of carbonyl (C=O) groups is 1. The second-order valence-corrected chi connectivity index (χ2v) is 2.38. The summed E-state index contributed by atoms with van der Waals surface area (Å²) in [6.07, 6.45) is 1.62. The molecule has 0 saturated heterocycles. The summed E-state index contributed by atoms with van der Waals surface area (Å²) in [7, 11) is 0. The van der Waals surface area contributed by atoms with E-state index in [1.807, 2.05) is 0 Å². The highest BCUT2D eigenvalue weighted by atomic mass is 16.4. The van der Waals surface area contributed by atoms with Crippen LogP contribution in [0.2, 0.25) is 0 Å². The van der Waals surface area contributed by atoms with Gasteiger partial charge in [0.25, 0.3) is 0 Å². The molecule has 0 heterocycles. The minimum Gasteiger partial charge on any atom is -0.478 e. The van der Waals surface area contributed by atoms with E-state index in [4.69, 9.17) is 5.11 Å². The number of carboxylic acid groups (broad SMARTS) is 1. The van der Waals surface area contributed by atoms with Crippen molar-refractivity contribution in [3.05, 3.63) is 29.8 Å². The van der Waals surface area contributed by atoms with Gasteiger partial charge in [-0.3, -0.25) is 5.43 Å². The van der Waals surface area contributed by atoms with Gasteiger partial charge < -0.3 is 5.11 Å². The van der Waals surface area contributed by atoms with Gasteiger partial charge in [-0.2, -0.15) is 5.10 Å². The van der Waals surface area contributed by atoms with E-state index in [0.717, 1.165) is 5.69 Å². The summed E-state index contributed by atoms with van der Waals surface area (Å²) >= 11 is 0. The van der Waals surface area contributed by atoms with Crippen LogP contribution in [-0.4, -0.2) is 17.3 Å². The van der Waals surface area contributed by atoms with E-state index in [1.165, 1.54) is 12.1 Å². The lowest BCUT2D eigenvalue weighted by Crippen LogP contribution is -1.96.